The lowest BCUT2D eigenvalue weighted by Gasteiger charge is -2.45. The van der Waals surface area contributed by atoms with E-state index in [4.69, 9.17) is 4.74 Å². The molecule has 0 spiro atoms. The van der Waals surface area contributed by atoms with E-state index >= 15 is 0 Å². The quantitative estimate of drug-likeness (QED) is 0.634. The maximum Gasteiger partial charge on any atom is 0.343 e. The Labute approximate surface area is 134 Å². The molecule has 1 aromatic heterocycles. The summed E-state index contributed by atoms with van der Waals surface area (Å²) in [7, 11) is 0. The summed E-state index contributed by atoms with van der Waals surface area (Å²) in [4.78, 5) is 28.0. The van der Waals surface area contributed by atoms with Gasteiger partial charge >= 0.3 is 5.97 Å². The fraction of sp³-hybridized carbons (Fsp3) is 0.529. The highest BCUT2D eigenvalue weighted by molar-refractivity contribution is 7.10. The van der Waals surface area contributed by atoms with Crippen molar-refractivity contribution in [2.24, 2.45) is 5.92 Å². The van der Waals surface area contributed by atoms with Crippen molar-refractivity contribution in [1.82, 2.24) is 4.90 Å². The first kappa shape index (κ1) is 15.3. The number of carbonyl (C=O) groups is 2. The van der Waals surface area contributed by atoms with Gasteiger partial charge in [-0.2, -0.15) is 0 Å². The molecule has 0 aliphatic carbocycles. The molecule has 0 N–H and O–H groups in total. The molecule has 2 aliphatic rings. The van der Waals surface area contributed by atoms with Gasteiger partial charge in [-0.1, -0.05) is 13.8 Å². The molecule has 2 unspecified atom stereocenters. The first-order chi connectivity index (χ1) is 10.5. The number of hydrogen-bond acceptors (Lipinski definition) is 5. The molecule has 0 amide bonds. The van der Waals surface area contributed by atoms with E-state index in [1.807, 2.05) is 0 Å². The molecule has 2 atom stereocenters. The van der Waals surface area contributed by atoms with Gasteiger partial charge in [0.05, 0.1) is 12.6 Å². The lowest BCUT2D eigenvalue weighted by atomic mass is 9.84. The van der Waals surface area contributed by atoms with Gasteiger partial charge in [-0.25, -0.2) is 4.79 Å². The Morgan fingerprint density at radius 2 is 2.23 bits per heavy atom. The van der Waals surface area contributed by atoms with Gasteiger partial charge in [-0.15, -0.1) is 11.3 Å². The molecule has 0 saturated carbocycles. The van der Waals surface area contributed by atoms with E-state index in [0.717, 1.165) is 6.42 Å². The molecule has 0 fully saturated rings. The number of nitrogens with zero attached hydrogens (tertiary/aromatic N) is 1. The van der Waals surface area contributed by atoms with E-state index < -0.39 is 5.97 Å². The monoisotopic (exact) mass is 319 g/mol. The third-order valence-corrected chi connectivity index (χ3v) is 5.46. The predicted molar refractivity (Wildman–Crippen MR) is 85.6 cm³/mol. The van der Waals surface area contributed by atoms with Crippen LogP contribution in [-0.2, 0) is 20.7 Å². The SMILES string of the molecule is CCOC(=O)C1=CN2C(CC1=O)c1ccsc1CC2C(C)C. The van der Waals surface area contributed by atoms with Gasteiger partial charge in [0.2, 0.25) is 0 Å². The van der Waals surface area contributed by atoms with Crippen LogP contribution in [0.25, 0.3) is 0 Å². The molecule has 0 aromatic carbocycles. The summed E-state index contributed by atoms with van der Waals surface area (Å²) in [6.07, 6.45) is 3.08. The Kier molecular flexibility index (Phi) is 4.08. The van der Waals surface area contributed by atoms with Gasteiger partial charge in [0.15, 0.2) is 5.78 Å². The highest BCUT2D eigenvalue weighted by atomic mass is 32.1. The number of carbonyl (C=O) groups excluding carboxylic acids is 2. The molecule has 5 heteroatoms. The normalized spacial score (nSPS) is 23.9. The lowest BCUT2D eigenvalue weighted by molar-refractivity contribution is -0.140. The number of esters is 1. The molecule has 1 aromatic rings. The second-order valence-corrected chi connectivity index (χ2v) is 7.17. The molecule has 3 heterocycles. The number of Topliss-reactive ketones (excluding diaryl/α,β-unsaturated/α-hetero) is 1. The van der Waals surface area contributed by atoms with Crippen molar-refractivity contribution in [3.05, 3.63) is 33.7 Å². The number of thiophene rings is 1. The summed E-state index contributed by atoms with van der Waals surface area (Å²) in [5.74, 6) is -0.156. The Morgan fingerprint density at radius 1 is 1.45 bits per heavy atom. The summed E-state index contributed by atoms with van der Waals surface area (Å²) in [5, 5.41) is 2.10. The molecule has 0 radical (unpaired) electrons. The zero-order valence-electron chi connectivity index (χ0n) is 13.2. The van der Waals surface area contributed by atoms with E-state index in [1.54, 1.807) is 24.5 Å². The minimum absolute atomic E-state index is 0.0630. The third-order valence-electron chi connectivity index (χ3n) is 4.50. The van der Waals surface area contributed by atoms with Crippen LogP contribution in [0.15, 0.2) is 23.2 Å². The Hall–Kier alpha value is -1.62. The van der Waals surface area contributed by atoms with Crippen molar-refractivity contribution >= 4 is 23.1 Å². The van der Waals surface area contributed by atoms with E-state index in [1.165, 1.54) is 10.4 Å². The first-order valence-corrected chi connectivity index (χ1v) is 8.66. The van der Waals surface area contributed by atoms with E-state index in [9.17, 15) is 9.59 Å². The minimum Gasteiger partial charge on any atom is -0.462 e. The van der Waals surface area contributed by atoms with Crippen LogP contribution >= 0.6 is 11.3 Å². The molecule has 2 aliphatic heterocycles. The molecule has 0 saturated heterocycles. The van der Waals surface area contributed by atoms with Crippen LogP contribution in [0.1, 0.15) is 43.7 Å². The molecule has 22 heavy (non-hydrogen) atoms. The molecular formula is C17H21NO3S. The number of hydrogen-bond donors (Lipinski definition) is 0. The van der Waals surface area contributed by atoms with Gasteiger partial charge in [-0.3, -0.25) is 4.79 Å². The number of ether oxygens (including phenoxy) is 1. The van der Waals surface area contributed by atoms with Crippen molar-refractivity contribution in [3.63, 3.8) is 0 Å². The minimum atomic E-state index is -0.496. The summed E-state index contributed by atoms with van der Waals surface area (Å²) >= 11 is 1.77. The molecule has 3 rings (SSSR count). The number of fused-ring (bicyclic) bond motifs is 3. The third kappa shape index (κ3) is 2.47. The first-order valence-electron chi connectivity index (χ1n) is 7.78. The van der Waals surface area contributed by atoms with Gasteiger partial charge in [0.1, 0.15) is 5.57 Å². The Morgan fingerprint density at radius 3 is 2.91 bits per heavy atom. The topological polar surface area (TPSA) is 46.6 Å². The zero-order chi connectivity index (χ0) is 15.9. The second kappa shape index (κ2) is 5.88. The summed E-state index contributed by atoms with van der Waals surface area (Å²) in [6, 6.07) is 2.49. The average molecular weight is 319 g/mol. The van der Waals surface area contributed by atoms with Crippen molar-refractivity contribution in [1.29, 1.82) is 0 Å². The van der Waals surface area contributed by atoms with Crippen LogP contribution in [0.3, 0.4) is 0 Å². The second-order valence-electron chi connectivity index (χ2n) is 6.17. The molecule has 0 bridgehead atoms. The highest BCUT2D eigenvalue weighted by Gasteiger charge is 2.41. The van der Waals surface area contributed by atoms with Crippen LogP contribution in [-0.4, -0.2) is 29.3 Å². The predicted octanol–water partition coefficient (Wildman–Crippen LogP) is 3.09. The van der Waals surface area contributed by atoms with Crippen LogP contribution in [0.4, 0.5) is 0 Å². The fourth-order valence-electron chi connectivity index (χ4n) is 3.36. The summed E-state index contributed by atoms with van der Waals surface area (Å²) in [5.41, 5.74) is 1.44. The van der Waals surface area contributed by atoms with E-state index in [2.05, 4.69) is 30.2 Å². The van der Waals surface area contributed by atoms with Gasteiger partial charge < -0.3 is 9.64 Å². The summed E-state index contributed by atoms with van der Waals surface area (Å²) in [6.45, 7) is 6.42. The molecular weight excluding hydrogens is 298 g/mol. The number of ketones is 1. The summed E-state index contributed by atoms with van der Waals surface area (Å²) < 4.78 is 5.03. The molecule has 118 valence electrons. The Bertz CT molecular complexity index is 632. The van der Waals surface area contributed by atoms with Gasteiger partial charge in [0, 0.05) is 30.0 Å². The van der Waals surface area contributed by atoms with E-state index in [-0.39, 0.29) is 24.0 Å². The maximum absolute atomic E-state index is 12.4. The lowest BCUT2D eigenvalue weighted by Crippen LogP contribution is -2.46. The largest absolute Gasteiger partial charge is 0.462 e. The maximum atomic E-state index is 12.4. The Balaban J connectivity index is 2.01. The fourth-order valence-corrected chi connectivity index (χ4v) is 4.35. The number of rotatable bonds is 3. The zero-order valence-corrected chi connectivity index (χ0v) is 14.0. The standard InChI is InChI=1S/C17H21NO3S/c1-4-21-17(20)12-9-18-13(10(2)3)8-16-11(5-6-22-16)14(18)7-15(12)19/h5-6,9-10,13-14H,4,7-8H2,1-3H3. The van der Waals surface area contributed by atoms with Crippen molar-refractivity contribution < 1.29 is 14.3 Å². The van der Waals surface area contributed by atoms with Crippen LogP contribution < -0.4 is 0 Å². The van der Waals surface area contributed by atoms with Crippen LogP contribution in [0.5, 0.6) is 0 Å². The smallest absolute Gasteiger partial charge is 0.343 e. The van der Waals surface area contributed by atoms with Crippen molar-refractivity contribution in [2.45, 2.75) is 45.7 Å². The average Bonchev–Trinajstić information content (AvgIpc) is 2.94. The van der Waals surface area contributed by atoms with Crippen molar-refractivity contribution in [3.8, 4) is 0 Å². The molecule has 4 nitrogen and oxygen atoms in total. The van der Waals surface area contributed by atoms with Crippen molar-refractivity contribution in [2.75, 3.05) is 6.61 Å². The van der Waals surface area contributed by atoms with Crippen LogP contribution in [0.2, 0.25) is 0 Å². The van der Waals surface area contributed by atoms with Crippen LogP contribution in [0, 0.1) is 5.92 Å². The highest BCUT2D eigenvalue weighted by Crippen LogP contribution is 2.43. The van der Waals surface area contributed by atoms with E-state index in [0.29, 0.717) is 18.4 Å². The van der Waals surface area contributed by atoms with Gasteiger partial charge in [0.25, 0.3) is 0 Å². The van der Waals surface area contributed by atoms with Gasteiger partial charge in [-0.05, 0) is 29.9 Å².